The number of hydrogen-bond acceptors (Lipinski definition) is 6. The van der Waals surface area contributed by atoms with Gasteiger partial charge in [0.1, 0.15) is 10.7 Å². The predicted molar refractivity (Wildman–Crippen MR) is 94.5 cm³/mol. The Bertz CT molecular complexity index is 815. The summed E-state index contributed by atoms with van der Waals surface area (Å²) in [6.45, 7) is 2.00. The topological polar surface area (TPSA) is 124 Å². The molecule has 2 rings (SSSR count). The largest absolute Gasteiger partial charge is 0.494 e. The van der Waals surface area contributed by atoms with Crippen LogP contribution in [-0.4, -0.2) is 23.8 Å². The van der Waals surface area contributed by atoms with Crippen LogP contribution in [0.3, 0.4) is 0 Å². The maximum absolute atomic E-state index is 12.1. The van der Waals surface area contributed by atoms with Gasteiger partial charge in [-0.15, -0.1) is 0 Å². The fourth-order valence-electron chi connectivity index (χ4n) is 2.16. The van der Waals surface area contributed by atoms with Gasteiger partial charge in [-0.25, -0.2) is 0 Å². The summed E-state index contributed by atoms with van der Waals surface area (Å²) in [5.41, 5.74) is 0.873. The third-order valence-corrected chi connectivity index (χ3v) is 3.49. The second-order valence-corrected chi connectivity index (χ2v) is 5.42. The number of carbonyl (C=O) groups excluding carboxylic acids is 2. The van der Waals surface area contributed by atoms with Crippen molar-refractivity contribution >= 4 is 29.1 Å². The van der Waals surface area contributed by atoms with Gasteiger partial charge in [-0.2, -0.15) is 0 Å². The van der Waals surface area contributed by atoms with Gasteiger partial charge in [-0.3, -0.25) is 19.7 Å². The van der Waals surface area contributed by atoms with Crippen LogP contribution in [0.15, 0.2) is 34.7 Å². The molecule has 0 aliphatic rings. The molecule has 0 bridgehead atoms. The van der Waals surface area contributed by atoms with E-state index in [1.54, 1.807) is 12.1 Å². The number of amides is 2. The molecule has 138 valence electrons. The summed E-state index contributed by atoms with van der Waals surface area (Å²) in [6.07, 6.45) is 2.12. The summed E-state index contributed by atoms with van der Waals surface area (Å²) >= 11 is 0. The van der Waals surface area contributed by atoms with Gasteiger partial charge in [0.05, 0.1) is 18.9 Å². The lowest BCUT2D eigenvalue weighted by Gasteiger charge is -2.12. The fraction of sp³-hybridized carbons (Fsp3) is 0.294. The van der Waals surface area contributed by atoms with Gasteiger partial charge < -0.3 is 19.8 Å². The molecule has 0 aliphatic carbocycles. The Kier molecular flexibility index (Phi) is 6.31. The van der Waals surface area contributed by atoms with Gasteiger partial charge in [-0.1, -0.05) is 13.3 Å². The van der Waals surface area contributed by atoms with Crippen LogP contribution in [-0.2, 0) is 4.79 Å². The van der Waals surface area contributed by atoms with Gasteiger partial charge >= 0.3 is 5.88 Å². The Morgan fingerprint density at radius 1 is 1.23 bits per heavy atom. The summed E-state index contributed by atoms with van der Waals surface area (Å²) in [5.74, 6) is -1.09. The normalized spacial score (nSPS) is 10.2. The lowest BCUT2D eigenvalue weighted by Crippen LogP contribution is -2.13. The Hall–Kier alpha value is -3.36. The third-order valence-electron chi connectivity index (χ3n) is 3.49. The first-order valence-corrected chi connectivity index (χ1v) is 7.98. The van der Waals surface area contributed by atoms with Crippen LogP contribution >= 0.6 is 0 Å². The number of unbranched alkanes of at least 4 members (excludes halogenated alkanes) is 1. The summed E-state index contributed by atoms with van der Waals surface area (Å²) in [7, 11) is 1.44. The molecule has 9 heteroatoms. The molecule has 2 N–H and O–H groups in total. The summed E-state index contributed by atoms with van der Waals surface area (Å²) in [4.78, 5) is 33.8. The number of carbonyl (C=O) groups is 2. The molecule has 26 heavy (non-hydrogen) atoms. The van der Waals surface area contributed by atoms with E-state index in [1.165, 1.54) is 19.2 Å². The molecule has 2 amide bonds. The molecule has 1 aromatic carbocycles. The number of nitro groups is 1. The molecule has 0 saturated carbocycles. The van der Waals surface area contributed by atoms with Crippen molar-refractivity contribution in [2.75, 3.05) is 17.7 Å². The second kappa shape index (κ2) is 8.65. The fourth-order valence-corrected chi connectivity index (χ4v) is 2.16. The van der Waals surface area contributed by atoms with Crippen molar-refractivity contribution < 1.29 is 23.7 Å². The molecule has 0 radical (unpaired) electrons. The van der Waals surface area contributed by atoms with Crippen LogP contribution in [0.4, 0.5) is 17.3 Å². The zero-order valence-electron chi connectivity index (χ0n) is 14.4. The maximum Gasteiger partial charge on any atom is 0.433 e. The third kappa shape index (κ3) is 4.82. The van der Waals surface area contributed by atoms with Crippen LogP contribution < -0.4 is 15.4 Å². The number of benzene rings is 1. The minimum absolute atomic E-state index is 0.121. The zero-order valence-corrected chi connectivity index (χ0v) is 14.4. The number of rotatable bonds is 8. The van der Waals surface area contributed by atoms with Gasteiger partial charge in [0, 0.05) is 18.2 Å². The first-order valence-electron chi connectivity index (χ1n) is 7.98. The van der Waals surface area contributed by atoms with E-state index in [2.05, 4.69) is 10.6 Å². The van der Waals surface area contributed by atoms with E-state index in [9.17, 15) is 19.7 Å². The molecule has 0 atom stereocenters. The molecule has 0 fully saturated rings. The SMILES string of the molecule is CCCCC(=O)Nc1ccc(NC(=O)c2ccc([N+](=O)[O-])o2)cc1OC. The minimum Gasteiger partial charge on any atom is -0.494 e. The number of methoxy groups -OCH3 is 1. The number of ether oxygens (including phenoxy) is 1. The molecule has 1 heterocycles. The highest BCUT2D eigenvalue weighted by molar-refractivity contribution is 6.03. The van der Waals surface area contributed by atoms with Gasteiger partial charge in [0.25, 0.3) is 5.91 Å². The highest BCUT2D eigenvalue weighted by Crippen LogP contribution is 2.28. The monoisotopic (exact) mass is 361 g/mol. The van der Waals surface area contributed by atoms with Gasteiger partial charge in [0.2, 0.25) is 5.91 Å². The van der Waals surface area contributed by atoms with Crippen molar-refractivity contribution in [1.29, 1.82) is 0 Å². The molecular formula is C17H19N3O6. The van der Waals surface area contributed by atoms with E-state index >= 15 is 0 Å². The molecular weight excluding hydrogens is 342 g/mol. The van der Waals surface area contributed by atoms with E-state index in [0.717, 1.165) is 18.9 Å². The summed E-state index contributed by atoms with van der Waals surface area (Å²) in [6, 6.07) is 7.03. The number of furan rings is 1. The second-order valence-electron chi connectivity index (χ2n) is 5.42. The van der Waals surface area contributed by atoms with E-state index in [0.29, 0.717) is 23.5 Å². The Morgan fingerprint density at radius 3 is 2.62 bits per heavy atom. The average molecular weight is 361 g/mol. The van der Waals surface area contributed by atoms with Crippen molar-refractivity contribution in [3.8, 4) is 5.75 Å². The van der Waals surface area contributed by atoms with Crippen LogP contribution in [0, 0.1) is 10.1 Å². The number of nitrogens with one attached hydrogen (secondary N) is 2. The lowest BCUT2D eigenvalue weighted by molar-refractivity contribution is -0.402. The number of nitrogens with zero attached hydrogens (tertiary/aromatic N) is 1. The standard InChI is InChI=1S/C17H19N3O6/c1-3-4-5-15(21)19-12-7-6-11(10-14(12)25-2)18-17(22)13-8-9-16(26-13)20(23)24/h6-10H,3-5H2,1-2H3,(H,18,22)(H,19,21). The smallest absolute Gasteiger partial charge is 0.433 e. The van der Waals surface area contributed by atoms with Gasteiger partial charge in [-0.05, 0) is 24.6 Å². The molecule has 9 nitrogen and oxygen atoms in total. The quantitative estimate of drug-likeness (QED) is 0.547. The summed E-state index contributed by atoms with van der Waals surface area (Å²) < 4.78 is 10.1. The van der Waals surface area contributed by atoms with Crippen molar-refractivity contribution in [3.63, 3.8) is 0 Å². The Balaban J connectivity index is 2.09. The van der Waals surface area contributed by atoms with E-state index in [-0.39, 0.29) is 11.7 Å². The Morgan fingerprint density at radius 2 is 2.00 bits per heavy atom. The Labute approximate surface area is 149 Å². The van der Waals surface area contributed by atoms with Crippen LogP contribution in [0.1, 0.15) is 36.7 Å². The van der Waals surface area contributed by atoms with Crippen LogP contribution in [0.25, 0.3) is 0 Å². The van der Waals surface area contributed by atoms with Crippen molar-refractivity contribution in [1.82, 2.24) is 0 Å². The highest BCUT2D eigenvalue weighted by atomic mass is 16.6. The molecule has 0 unspecified atom stereocenters. The van der Waals surface area contributed by atoms with Crippen molar-refractivity contribution in [2.45, 2.75) is 26.2 Å². The first-order chi connectivity index (χ1) is 12.4. The number of hydrogen-bond donors (Lipinski definition) is 2. The van der Waals surface area contributed by atoms with Crippen LogP contribution in [0.5, 0.6) is 5.75 Å². The van der Waals surface area contributed by atoms with Crippen LogP contribution in [0.2, 0.25) is 0 Å². The molecule has 0 spiro atoms. The highest BCUT2D eigenvalue weighted by Gasteiger charge is 2.18. The first kappa shape index (κ1) is 19.0. The molecule has 0 saturated heterocycles. The number of anilines is 2. The average Bonchev–Trinajstić information content (AvgIpc) is 3.11. The van der Waals surface area contributed by atoms with Crippen molar-refractivity contribution in [2.24, 2.45) is 0 Å². The predicted octanol–water partition coefficient (Wildman–Crippen LogP) is 3.58. The van der Waals surface area contributed by atoms with Crippen molar-refractivity contribution in [3.05, 3.63) is 46.2 Å². The minimum atomic E-state index is -0.726. The molecule has 1 aromatic heterocycles. The van der Waals surface area contributed by atoms with Gasteiger partial charge in [0.15, 0.2) is 5.76 Å². The van der Waals surface area contributed by atoms with E-state index < -0.39 is 16.7 Å². The zero-order chi connectivity index (χ0) is 19.1. The maximum atomic E-state index is 12.1. The van der Waals surface area contributed by atoms with E-state index in [1.807, 2.05) is 6.92 Å². The summed E-state index contributed by atoms with van der Waals surface area (Å²) in [5, 5.41) is 15.9. The molecule has 2 aromatic rings. The molecule has 0 aliphatic heterocycles. The van der Waals surface area contributed by atoms with E-state index in [4.69, 9.17) is 9.15 Å². The lowest BCUT2D eigenvalue weighted by atomic mass is 10.2.